The summed E-state index contributed by atoms with van der Waals surface area (Å²) in [5, 5.41) is 7.94. The highest BCUT2D eigenvalue weighted by molar-refractivity contribution is 6.32. The van der Waals surface area contributed by atoms with E-state index in [9.17, 15) is 0 Å². The van der Waals surface area contributed by atoms with Gasteiger partial charge in [-0.3, -0.25) is 5.41 Å². The number of hydrogen-bond acceptors (Lipinski definition) is 1. The fraction of sp³-hybridized carbons (Fsp3) is 0.417. The number of amidine groups is 1. The number of rotatable bonds is 3. The molecule has 1 N–H and O–H groups in total. The first-order chi connectivity index (χ1) is 7.00. The molecule has 0 heterocycles. The molecule has 1 rings (SSSR count). The Labute approximate surface area is 93.2 Å². The molecule has 0 amide bonds. The minimum Gasteiger partial charge on any atom is -0.333 e. The lowest BCUT2D eigenvalue weighted by atomic mass is 9.96. The summed E-state index contributed by atoms with van der Waals surface area (Å²) in [6.45, 7) is 4.27. The van der Waals surface area contributed by atoms with E-state index in [1.54, 1.807) is 0 Å². The van der Waals surface area contributed by atoms with Crippen molar-refractivity contribution in [3.8, 4) is 0 Å². The van der Waals surface area contributed by atoms with E-state index in [2.05, 4.69) is 46.0 Å². The van der Waals surface area contributed by atoms with Gasteiger partial charge in [0.25, 0.3) is 0 Å². The molecular formula is C12H19BN2. The lowest BCUT2D eigenvalue weighted by Crippen LogP contribution is -2.26. The van der Waals surface area contributed by atoms with Crippen molar-refractivity contribution >= 4 is 24.8 Å². The van der Waals surface area contributed by atoms with Crippen LogP contribution in [0.25, 0.3) is 0 Å². The third-order valence-corrected chi connectivity index (χ3v) is 2.43. The monoisotopic (exact) mass is 202 g/mol. The topological polar surface area (TPSA) is 27.1 Å². The number of benzene rings is 1. The van der Waals surface area contributed by atoms with Crippen molar-refractivity contribution in [2.45, 2.75) is 20.3 Å². The second-order valence-corrected chi connectivity index (χ2v) is 4.44. The summed E-state index contributed by atoms with van der Waals surface area (Å²) in [5.41, 5.74) is 2.34. The van der Waals surface area contributed by atoms with Crippen molar-refractivity contribution in [2.75, 3.05) is 11.9 Å². The quantitative estimate of drug-likeness (QED) is 0.447. The maximum Gasteiger partial charge on any atom is 0.139 e. The van der Waals surface area contributed by atoms with E-state index in [0.717, 1.165) is 12.1 Å². The van der Waals surface area contributed by atoms with Crippen molar-refractivity contribution in [1.29, 1.82) is 5.41 Å². The Hall–Kier alpha value is -1.25. The van der Waals surface area contributed by atoms with Crippen molar-refractivity contribution in [3.05, 3.63) is 24.3 Å². The van der Waals surface area contributed by atoms with Crippen molar-refractivity contribution in [2.24, 2.45) is 5.92 Å². The molecule has 0 radical (unpaired) electrons. The van der Waals surface area contributed by atoms with E-state index in [4.69, 9.17) is 5.41 Å². The molecule has 3 heteroatoms. The third-order valence-electron chi connectivity index (χ3n) is 2.43. The molecule has 15 heavy (non-hydrogen) atoms. The molecule has 0 spiro atoms. The van der Waals surface area contributed by atoms with Crippen LogP contribution in [-0.4, -0.2) is 20.7 Å². The molecule has 80 valence electrons. The van der Waals surface area contributed by atoms with E-state index in [0.29, 0.717) is 11.8 Å². The fourth-order valence-electron chi connectivity index (χ4n) is 1.45. The van der Waals surface area contributed by atoms with Gasteiger partial charge in [0.2, 0.25) is 0 Å². The second-order valence-electron chi connectivity index (χ2n) is 4.44. The Morgan fingerprint density at radius 2 is 1.87 bits per heavy atom. The molecule has 0 unspecified atom stereocenters. The molecule has 0 fully saturated rings. The van der Waals surface area contributed by atoms with Gasteiger partial charge in [0, 0.05) is 19.2 Å². The van der Waals surface area contributed by atoms with Crippen molar-refractivity contribution in [3.63, 3.8) is 0 Å². The number of nitrogens with one attached hydrogen (secondary N) is 1. The van der Waals surface area contributed by atoms with Gasteiger partial charge in [0.1, 0.15) is 13.7 Å². The van der Waals surface area contributed by atoms with Crippen molar-refractivity contribution < 1.29 is 0 Å². The lowest BCUT2D eigenvalue weighted by molar-refractivity contribution is 0.676. The summed E-state index contributed by atoms with van der Waals surface area (Å²) in [5.74, 6) is 1.21. The molecule has 0 aliphatic heterocycles. The van der Waals surface area contributed by atoms with Gasteiger partial charge in [-0.15, -0.1) is 0 Å². The molecule has 1 aromatic rings. The smallest absolute Gasteiger partial charge is 0.139 e. The minimum atomic E-state index is 0.533. The van der Waals surface area contributed by atoms with Crippen LogP contribution in [-0.2, 0) is 0 Å². The minimum absolute atomic E-state index is 0.533. The van der Waals surface area contributed by atoms with Gasteiger partial charge in [0.05, 0.1) is 0 Å². The number of hydrogen-bond donors (Lipinski definition) is 1. The van der Waals surface area contributed by atoms with Crippen LogP contribution in [0.4, 0.5) is 5.69 Å². The maximum atomic E-state index is 7.94. The van der Waals surface area contributed by atoms with Crippen LogP contribution >= 0.6 is 0 Å². The van der Waals surface area contributed by atoms with Crippen LogP contribution in [0.5, 0.6) is 0 Å². The molecule has 0 atom stereocenters. The SMILES string of the molecule is Bc1ccc(N(C)C(=N)CC(C)C)cc1. The molecule has 0 aliphatic rings. The second kappa shape index (κ2) is 5.01. The Bertz CT molecular complexity index is 330. The molecule has 0 bridgehead atoms. The van der Waals surface area contributed by atoms with Gasteiger partial charge in [-0.2, -0.15) is 0 Å². The van der Waals surface area contributed by atoms with E-state index in [1.165, 1.54) is 5.46 Å². The molecular weight excluding hydrogens is 183 g/mol. The van der Waals surface area contributed by atoms with E-state index >= 15 is 0 Å². The Kier molecular flexibility index (Phi) is 3.95. The molecule has 0 saturated heterocycles. The van der Waals surface area contributed by atoms with Gasteiger partial charge in [-0.1, -0.05) is 31.4 Å². The molecule has 2 nitrogen and oxygen atoms in total. The first kappa shape index (κ1) is 11.8. The molecule has 0 aromatic heterocycles. The van der Waals surface area contributed by atoms with Gasteiger partial charge >= 0.3 is 0 Å². The highest BCUT2D eigenvalue weighted by atomic mass is 15.1. The predicted octanol–water partition coefficient (Wildman–Crippen LogP) is 1.40. The first-order valence-corrected chi connectivity index (χ1v) is 5.38. The predicted molar refractivity (Wildman–Crippen MR) is 70.2 cm³/mol. The summed E-state index contributed by atoms with van der Waals surface area (Å²) in [7, 11) is 4.03. The Morgan fingerprint density at radius 3 is 2.33 bits per heavy atom. The van der Waals surface area contributed by atoms with Crippen LogP contribution in [0, 0.1) is 11.3 Å². The van der Waals surface area contributed by atoms with Gasteiger partial charge in [-0.25, -0.2) is 0 Å². The van der Waals surface area contributed by atoms with E-state index in [1.807, 2.05) is 11.9 Å². The summed E-state index contributed by atoms with van der Waals surface area (Å²) in [6, 6.07) is 8.28. The van der Waals surface area contributed by atoms with E-state index in [-0.39, 0.29) is 0 Å². The first-order valence-electron chi connectivity index (χ1n) is 5.38. The highest BCUT2D eigenvalue weighted by Gasteiger charge is 2.08. The van der Waals surface area contributed by atoms with Gasteiger partial charge < -0.3 is 4.90 Å². The summed E-state index contributed by atoms with van der Waals surface area (Å²) < 4.78 is 0. The largest absolute Gasteiger partial charge is 0.333 e. The lowest BCUT2D eigenvalue weighted by Gasteiger charge is -2.21. The van der Waals surface area contributed by atoms with Crippen LogP contribution in [0.1, 0.15) is 20.3 Å². The average Bonchev–Trinajstić information content (AvgIpc) is 2.17. The summed E-state index contributed by atoms with van der Waals surface area (Å²) in [4.78, 5) is 1.94. The van der Waals surface area contributed by atoms with Gasteiger partial charge in [0.15, 0.2) is 0 Å². The maximum absolute atomic E-state index is 7.94. The third kappa shape index (κ3) is 3.42. The van der Waals surface area contributed by atoms with Crippen LogP contribution < -0.4 is 10.4 Å². The average molecular weight is 202 g/mol. The zero-order chi connectivity index (χ0) is 11.4. The zero-order valence-corrected chi connectivity index (χ0v) is 10.0. The standard InChI is InChI=1S/C12H19BN2/c1-9(2)8-12(14)15(3)11-6-4-10(13)5-7-11/h4-7,9,14H,8,13H2,1-3H3. The Morgan fingerprint density at radius 1 is 1.33 bits per heavy atom. The summed E-state index contributed by atoms with van der Waals surface area (Å²) >= 11 is 0. The number of nitrogens with zero attached hydrogens (tertiary/aromatic N) is 1. The summed E-state index contributed by atoms with van der Waals surface area (Å²) in [6.07, 6.45) is 0.824. The molecule has 1 aromatic carbocycles. The van der Waals surface area contributed by atoms with Crippen LogP contribution in [0.15, 0.2) is 24.3 Å². The normalized spacial score (nSPS) is 10.4. The molecule has 0 saturated carbocycles. The highest BCUT2D eigenvalue weighted by Crippen LogP contribution is 2.13. The Balaban J connectivity index is 2.71. The van der Waals surface area contributed by atoms with Crippen molar-refractivity contribution in [1.82, 2.24) is 0 Å². The molecule has 0 aliphatic carbocycles. The number of anilines is 1. The van der Waals surface area contributed by atoms with Crippen LogP contribution in [0.2, 0.25) is 0 Å². The fourth-order valence-corrected chi connectivity index (χ4v) is 1.45. The van der Waals surface area contributed by atoms with Gasteiger partial charge in [-0.05, 0) is 18.1 Å². The zero-order valence-electron chi connectivity index (χ0n) is 10.0. The van der Waals surface area contributed by atoms with E-state index < -0.39 is 0 Å². The van der Waals surface area contributed by atoms with Crippen LogP contribution in [0.3, 0.4) is 0 Å².